The molecule has 0 saturated heterocycles. The summed E-state index contributed by atoms with van der Waals surface area (Å²) in [6.45, 7) is 1.10. The van der Waals surface area contributed by atoms with E-state index in [1.54, 1.807) is 0 Å². The summed E-state index contributed by atoms with van der Waals surface area (Å²) in [6, 6.07) is 13.1. The van der Waals surface area contributed by atoms with E-state index in [2.05, 4.69) is 22.8 Å². The minimum absolute atomic E-state index is 0.123. The fraction of sp³-hybridized carbons (Fsp3) is 0.263. The van der Waals surface area contributed by atoms with Gasteiger partial charge in [-0.15, -0.1) is 0 Å². The van der Waals surface area contributed by atoms with E-state index in [0.29, 0.717) is 6.42 Å². The Labute approximate surface area is 128 Å². The molecule has 0 bridgehead atoms. The number of hydrogen-bond donors (Lipinski definition) is 1. The van der Waals surface area contributed by atoms with Crippen molar-refractivity contribution in [2.45, 2.75) is 25.8 Å². The van der Waals surface area contributed by atoms with Crippen LogP contribution in [0.4, 0.5) is 4.39 Å². The van der Waals surface area contributed by atoms with Crippen LogP contribution >= 0.6 is 0 Å². The lowest BCUT2D eigenvalue weighted by molar-refractivity contribution is 0.300. The molecule has 1 aliphatic rings. The van der Waals surface area contributed by atoms with Crippen molar-refractivity contribution in [1.29, 1.82) is 0 Å². The number of aryl methyl sites for hydroxylation is 2. The van der Waals surface area contributed by atoms with Crippen LogP contribution in [0.1, 0.15) is 17.5 Å². The lowest BCUT2D eigenvalue weighted by Crippen LogP contribution is -2.08. The number of hydrogen-bond acceptors (Lipinski definition) is 1. The highest BCUT2D eigenvalue weighted by atomic mass is 19.1. The number of aliphatic hydroxyl groups is 1. The normalized spacial score (nSPS) is 13.7. The zero-order chi connectivity index (χ0) is 15.1. The smallest absolute Gasteiger partial charge is 0.123 e. The van der Waals surface area contributed by atoms with Gasteiger partial charge in [-0.2, -0.15) is 0 Å². The van der Waals surface area contributed by atoms with Gasteiger partial charge in [-0.25, -0.2) is 4.39 Å². The van der Waals surface area contributed by atoms with Crippen LogP contribution < -0.4 is 0 Å². The Balaban J connectivity index is 2.06. The minimum atomic E-state index is -0.220. The number of para-hydroxylation sites is 1. The number of halogens is 1. The van der Waals surface area contributed by atoms with Gasteiger partial charge in [0.15, 0.2) is 0 Å². The number of rotatable bonds is 3. The van der Waals surface area contributed by atoms with Gasteiger partial charge >= 0.3 is 0 Å². The molecular formula is C19H18FNO. The molecule has 3 aromatic rings. The number of aromatic nitrogens is 1. The molecule has 4 rings (SSSR count). The van der Waals surface area contributed by atoms with Crippen LogP contribution in [-0.2, 0) is 19.4 Å². The highest BCUT2D eigenvalue weighted by Crippen LogP contribution is 2.38. The highest BCUT2D eigenvalue weighted by molar-refractivity contribution is 5.94. The van der Waals surface area contributed by atoms with E-state index < -0.39 is 0 Å². The zero-order valence-electron chi connectivity index (χ0n) is 12.3. The molecule has 0 aliphatic carbocycles. The van der Waals surface area contributed by atoms with E-state index in [-0.39, 0.29) is 12.4 Å². The van der Waals surface area contributed by atoms with Gasteiger partial charge in [0, 0.05) is 18.5 Å². The Morgan fingerprint density at radius 1 is 1.09 bits per heavy atom. The first-order valence-corrected chi connectivity index (χ1v) is 7.79. The van der Waals surface area contributed by atoms with Crippen molar-refractivity contribution in [3.63, 3.8) is 0 Å². The van der Waals surface area contributed by atoms with Crippen molar-refractivity contribution in [3.05, 3.63) is 59.4 Å². The predicted octanol–water partition coefficient (Wildman–Crippen LogP) is 3.93. The van der Waals surface area contributed by atoms with Gasteiger partial charge < -0.3 is 9.67 Å². The summed E-state index contributed by atoms with van der Waals surface area (Å²) in [5.41, 5.74) is 5.99. The third-order valence-corrected chi connectivity index (χ3v) is 4.58. The molecule has 0 saturated carbocycles. The van der Waals surface area contributed by atoms with Gasteiger partial charge in [0.1, 0.15) is 5.82 Å². The lowest BCUT2D eigenvalue weighted by Gasteiger charge is -2.18. The summed E-state index contributed by atoms with van der Waals surface area (Å²) in [7, 11) is 0. The Morgan fingerprint density at radius 2 is 1.91 bits per heavy atom. The third kappa shape index (κ3) is 1.97. The SMILES string of the molecule is OCCc1c(-c2ccc(F)cc2)n2c3c(cccc13)CCC2. The molecular weight excluding hydrogens is 277 g/mol. The number of aliphatic hydroxyl groups excluding tert-OH is 1. The quantitative estimate of drug-likeness (QED) is 0.778. The molecule has 2 aromatic carbocycles. The minimum Gasteiger partial charge on any atom is -0.396 e. The molecule has 1 aromatic heterocycles. The second-order valence-corrected chi connectivity index (χ2v) is 5.88. The van der Waals surface area contributed by atoms with Crippen molar-refractivity contribution in [2.24, 2.45) is 0 Å². The largest absolute Gasteiger partial charge is 0.396 e. The molecule has 0 radical (unpaired) electrons. The third-order valence-electron chi connectivity index (χ3n) is 4.58. The van der Waals surface area contributed by atoms with Crippen LogP contribution in [0.25, 0.3) is 22.2 Å². The second-order valence-electron chi connectivity index (χ2n) is 5.88. The molecule has 3 heteroatoms. The van der Waals surface area contributed by atoms with Crippen molar-refractivity contribution in [3.8, 4) is 11.3 Å². The first-order valence-electron chi connectivity index (χ1n) is 7.79. The Morgan fingerprint density at radius 3 is 2.68 bits per heavy atom. The summed E-state index contributed by atoms with van der Waals surface area (Å²) >= 11 is 0. The Hall–Kier alpha value is -2.13. The summed E-state index contributed by atoms with van der Waals surface area (Å²) in [5, 5.41) is 10.7. The maximum absolute atomic E-state index is 13.3. The van der Waals surface area contributed by atoms with Crippen LogP contribution in [0.2, 0.25) is 0 Å². The first-order chi connectivity index (χ1) is 10.8. The lowest BCUT2D eigenvalue weighted by atomic mass is 10.0. The Kier molecular flexibility index (Phi) is 3.23. The van der Waals surface area contributed by atoms with Gasteiger partial charge in [-0.1, -0.05) is 18.2 Å². The van der Waals surface area contributed by atoms with Gasteiger partial charge in [-0.05, 0) is 60.2 Å². The van der Waals surface area contributed by atoms with Crippen LogP contribution in [0.5, 0.6) is 0 Å². The standard InChI is InChI=1S/C19H18FNO/c20-15-8-6-14(7-9-15)19-17(10-12-22)16-5-1-3-13-4-2-11-21(19)18(13)16/h1,3,5-9,22H,2,4,10-12H2. The molecule has 0 amide bonds. The molecule has 112 valence electrons. The van der Waals surface area contributed by atoms with E-state index in [1.807, 2.05) is 12.1 Å². The maximum Gasteiger partial charge on any atom is 0.123 e. The van der Waals surface area contributed by atoms with E-state index in [1.165, 1.54) is 34.2 Å². The van der Waals surface area contributed by atoms with Crippen molar-refractivity contribution in [1.82, 2.24) is 4.57 Å². The topological polar surface area (TPSA) is 25.2 Å². The Bertz CT molecular complexity index is 833. The molecule has 2 nitrogen and oxygen atoms in total. The highest BCUT2D eigenvalue weighted by Gasteiger charge is 2.22. The average molecular weight is 295 g/mol. The van der Waals surface area contributed by atoms with Crippen molar-refractivity contribution >= 4 is 10.9 Å². The number of benzene rings is 2. The fourth-order valence-electron chi connectivity index (χ4n) is 3.71. The van der Waals surface area contributed by atoms with Crippen molar-refractivity contribution < 1.29 is 9.50 Å². The van der Waals surface area contributed by atoms with E-state index in [9.17, 15) is 9.50 Å². The molecule has 0 fully saturated rings. The van der Waals surface area contributed by atoms with Gasteiger partial charge in [0.25, 0.3) is 0 Å². The van der Waals surface area contributed by atoms with Gasteiger partial charge in [-0.3, -0.25) is 0 Å². The van der Waals surface area contributed by atoms with Gasteiger partial charge in [0.05, 0.1) is 11.2 Å². The second kappa shape index (κ2) is 5.25. The van der Waals surface area contributed by atoms with E-state index >= 15 is 0 Å². The molecule has 0 spiro atoms. The molecule has 0 atom stereocenters. The monoisotopic (exact) mass is 295 g/mol. The predicted molar refractivity (Wildman–Crippen MR) is 86.4 cm³/mol. The fourth-order valence-corrected chi connectivity index (χ4v) is 3.71. The van der Waals surface area contributed by atoms with Gasteiger partial charge in [0.2, 0.25) is 0 Å². The molecule has 1 N–H and O–H groups in total. The first kappa shape index (κ1) is 13.5. The van der Waals surface area contributed by atoms with Crippen LogP contribution in [0.15, 0.2) is 42.5 Å². The summed E-state index contributed by atoms with van der Waals surface area (Å²) in [5.74, 6) is -0.220. The number of nitrogens with zero attached hydrogens (tertiary/aromatic N) is 1. The summed E-state index contributed by atoms with van der Waals surface area (Å²) < 4.78 is 15.6. The summed E-state index contributed by atoms with van der Waals surface area (Å²) in [4.78, 5) is 0. The van der Waals surface area contributed by atoms with Crippen LogP contribution in [0.3, 0.4) is 0 Å². The van der Waals surface area contributed by atoms with Crippen LogP contribution in [-0.4, -0.2) is 16.3 Å². The molecule has 22 heavy (non-hydrogen) atoms. The average Bonchev–Trinajstić information content (AvgIpc) is 2.85. The molecule has 1 aliphatic heterocycles. The zero-order valence-corrected chi connectivity index (χ0v) is 12.3. The van der Waals surface area contributed by atoms with Crippen LogP contribution in [0, 0.1) is 5.82 Å². The molecule has 0 unspecified atom stereocenters. The van der Waals surface area contributed by atoms with E-state index in [0.717, 1.165) is 30.6 Å². The summed E-state index contributed by atoms with van der Waals surface area (Å²) in [6.07, 6.45) is 2.84. The maximum atomic E-state index is 13.3. The van der Waals surface area contributed by atoms with E-state index in [4.69, 9.17) is 0 Å². The molecule has 2 heterocycles. The van der Waals surface area contributed by atoms with Crippen molar-refractivity contribution in [2.75, 3.05) is 6.61 Å².